The normalized spacial score (nSPS) is 23.4. The zero-order valence-corrected chi connectivity index (χ0v) is 9.83. The average molecular weight is 228 g/mol. The highest BCUT2D eigenvalue weighted by atomic mass is 32.1. The zero-order chi connectivity index (χ0) is 11.1. The molecule has 1 heterocycles. The minimum Gasteiger partial charge on any atom is -0.294 e. The number of benzene rings is 1. The van der Waals surface area contributed by atoms with Crippen LogP contribution in [0.1, 0.15) is 33.6 Å². The lowest BCUT2D eigenvalue weighted by atomic mass is 9.92. The molecule has 2 aromatic rings. The summed E-state index contributed by atoms with van der Waals surface area (Å²) < 4.78 is 0. The van der Waals surface area contributed by atoms with Crippen LogP contribution in [0.5, 0.6) is 0 Å². The van der Waals surface area contributed by atoms with Gasteiger partial charge in [0, 0.05) is 22.3 Å². The van der Waals surface area contributed by atoms with E-state index in [-0.39, 0.29) is 17.6 Å². The lowest BCUT2D eigenvalue weighted by Gasteiger charge is -2.13. The van der Waals surface area contributed by atoms with E-state index in [9.17, 15) is 4.79 Å². The molecule has 0 saturated heterocycles. The highest BCUT2D eigenvalue weighted by Gasteiger charge is 2.37. The third-order valence-electron chi connectivity index (χ3n) is 3.32. The van der Waals surface area contributed by atoms with Crippen LogP contribution < -0.4 is 0 Å². The first-order valence-corrected chi connectivity index (χ1v) is 6.33. The van der Waals surface area contributed by atoms with Crippen LogP contribution >= 0.6 is 11.3 Å². The summed E-state index contributed by atoms with van der Waals surface area (Å²) in [4.78, 5) is 13.4. The van der Waals surface area contributed by atoms with Gasteiger partial charge in [0.05, 0.1) is 0 Å². The fraction of sp³-hybridized carbons (Fsp3) is 0.214. The van der Waals surface area contributed by atoms with E-state index < -0.39 is 0 Å². The number of hydrogen-bond donors (Lipinski definition) is 0. The van der Waals surface area contributed by atoms with Gasteiger partial charge < -0.3 is 0 Å². The molecule has 2 atom stereocenters. The molecule has 0 unspecified atom stereocenters. The molecule has 16 heavy (non-hydrogen) atoms. The summed E-state index contributed by atoms with van der Waals surface area (Å²) in [5, 5.41) is 2.08. The summed E-state index contributed by atoms with van der Waals surface area (Å²) in [6.07, 6.45) is 0. The maximum Gasteiger partial charge on any atom is 0.166 e. The van der Waals surface area contributed by atoms with Crippen LogP contribution in [0.15, 0.2) is 41.8 Å². The predicted molar refractivity (Wildman–Crippen MR) is 66.1 cm³/mol. The first kappa shape index (κ1) is 9.79. The lowest BCUT2D eigenvalue weighted by molar-refractivity contribution is 0.0940. The van der Waals surface area contributed by atoms with Crippen molar-refractivity contribution in [3.05, 3.63) is 57.8 Å². The second kappa shape index (κ2) is 3.56. The smallest absolute Gasteiger partial charge is 0.166 e. The Balaban J connectivity index is 2.18. The Hall–Kier alpha value is -1.41. The molecule has 1 aliphatic rings. The SMILES string of the molecule is C[C@@H]1C(=O)c2ccccc2[C@H]1c1cccs1. The van der Waals surface area contributed by atoms with Crippen molar-refractivity contribution in [2.75, 3.05) is 0 Å². The van der Waals surface area contributed by atoms with Crippen molar-refractivity contribution in [2.45, 2.75) is 12.8 Å². The van der Waals surface area contributed by atoms with Gasteiger partial charge in [-0.2, -0.15) is 0 Å². The predicted octanol–water partition coefficient (Wildman–Crippen LogP) is 3.71. The van der Waals surface area contributed by atoms with Gasteiger partial charge in [0.15, 0.2) is 5.78 Å². The molecule has 3 rings (SSSR count). The molecule has 80 valence electrons. The Morgan fingerprint density at radius 2 is 1.94 bits per heavy atom. The Morgan fingerprint density at radius 3 is 2.69 bits per heavy atom. The van der Waals surface area contributed by atoms with Crippen LogP contribution in [-0.4, -0.2) is 5.78 Å². The van der Waals surface area contributed by atoms with Crippen LogP contribution in [0.2, 0.25) is 0 Å². The van der Waals surface area contributed by atoms with Crippen molar-refractivity contribution in [1.82, 2.24) is 0 Å². The molecule has 0 N–H and O–H groups in total. The average Bonchev–Trinajstić information content (AvgIpc) is 2.89. The van der Waals surface area contributed by atoms with Crippen molar-refractivity contribution in [3.63, 3.8) is 0 Å². The second-order valence-corrected chi connectivity index (χ2v) is 5.21. The minimum atomic E-state index is 0.0797. The van der Waals surface area contributed by atoms with Gasteiger partial charge in [0.25, 0.3) is 0 Å². The van der Waals surface area contributed by atoms with Gasteiger partial charge in [-0.3, -0.25) is 4.79 Å². The van der Waals surface area contributed by atoms with E-state index >= 15 is 0 Å². The number of rotatable bonds is 1. The highest BCUT2D eigenvalue weighted by molar-refractivity contribution is 7.10. The molecule has 0 radical (unpaired) electrons. The lowest BCUT2D eigenvalue weighted by Crippen LogP contribution is -2.09. The van der Waals surface area contributed by atoms with Crippen LogP contribution in [0.4, 0.5) is 0 Å². The highest BCUT2D eigenvalue weighted by Crippen LogP contribution is 2.43. The first-order chi connectivity index (χ1) is 7.79. The number of carbonyl (C=O) groups is 1. The summed E-state index contributed by atoms with van der Waals surface area (Å²) in [5.41, 5.74) is 2.11. The molecule has 0 fully saturated rings. The van der Waals surface area contributed by atoms with E-state index in [0.717, 1.165) is 5.56 Å². The van der Waals surface area contributed by atoms with E-state index in [4.69, 9.17) is 0 Å². The molecular weight excluding hydrogens is 216 g/mol. The van der Waals surface area contributed by atoms with E-state index in [0.29, 0.717) is 0 Å². The monoisotopic (exact) mass is 228 g/mol. The molecule has 0 saturated carbocycles. The molecule has 0 amide bonds. The third-order valence-corrected chi connectivity index (χ3v) is 4.28. The van der Waals surface area contributed by atoms with Crippen molar-refractivity contribution >= 4 is 17.1 Å². The van der Waals surface area contributed by atoms with E-state index in [1.165, 1.54) is 10.4 Å². The fourth-order valence-electron chi connectivity index (χ4n) is 2.53. The Labute approximate surface area is 98.7 Å². The quantitative estimate of drug-likeness (QED) is 0.727. The van der Waals surface area contributed by atoms with Crippen molar-refractivity contribution < 1.29 is 4.79 Å². The number of ketones is 1. The van der Waals surface area contributed by atoms with Crippen LogP contribution in [0.25, 0.3) is 0 Å². The topological polar surface area (TPSA) is 17.1 Å². The number of fused-ring (bicyclic) bond motifs is 1. The van der Waals surface area contributed by atoms with Crippen LogP contribution in [0.3, 0.4) is 0 Å². The molecule has 1 aliphatic carbocycles. The fourth-order valence-corrected chi connectivity index (χ4v) is 3.48. The molecule has 1 aromatic heterocycles. The summed E-state index contributed by atoms with van der Waals surface area (Å²) in [5.74, 6) is 0.633. The van der Waals surface area contributed by atoms with Gasteiger partial charge in [0.2, 0.25) is 0 Å². The van der Waals surface area contributed by atoms with Gasteiger partial charge in [-0.25, -0.2) is 0 Å². The molecule has 1 aromatic carbocycles. The summed E-state index contributed by atoms with van der Waals surface area (Å²) >= 11 is 1.74. The van der Waals surface area contributed by atoms with Gasteiger partial charge in [-0.1, -0.05) is 37.3 Å². The summed E-state index contributed by atoms with van der Waals surface area (Å²) in [6.45, 7) is 2.03. The van der Waals surface area contributed by atoms with Crippen LogP contribution in [-0.2, 0) is 0 Å². The van der Waals surface area contributed by atoms with Gasteiger partial charge in [-0.05, 0) is 17.0 Å². The summed E-state index contributed by atoms with van der Waals surface area (Å²) in [7, 11) is 0. The van der Waals surface area contributed by atoms with Crippen molar-refractivity contribution in [3.8, 4) is 0 Å². The van der Waals surface area contributed by atoms with Crippen molar-refractivity contribution in [1.29, 1.82) is 0 Å². The van der Waals surface area contributed by atoms with Gasteiger partial charge in [0.1, 0.15) is 0 Å². The Kier molecular flexibility index (Phi) is 2.18. The van der Waals surface area contributed by atoms with E-state index in [2.05, 4.69) is 23.6 Å². The van der Waals surface area contributed by atoms with Gasteiger partial charge >= 0.3 is 0 Å². The third kappa shape index (κ3) is 1.26. The largest absolute Gasteiger partial charge is 0.294 e. The number of thiophene rings is 1. The maximum atomic E-state index is 12.1. The number of hydrogen-bond acceptors (Lipinski definition) is 2. The molecule has 0 aliphatic heterocycles. The number of Topliss-reactive ketones (excluding diaryl/α,β-unsaturated/α-hetero) is 1. The summed E-state index contributed by atoms with van der Waals surface area (Å²) in [6, 6.07) is 12.2. The maximum absolute atomic E-state index is 12.1. The van der Waals surface area contributed by atoms with E-state index in [1.54, 1.807) is 11.3 Å². The Bertz CT molecular complexity index is 527. The number of carbonyl (C=O) groups excluding carboxylic acids is 1. The zero-order valence-electron chi connectivity index (χ0n) is 9.01. The van der Waals surface area contributed by atoms with E-state index in [1.807, 2.05) is 25.1 Å². The molecule has 1 nitrogen and oxygen atoms in total. The molecular formula is C14H12OS. The van der Waals surface area contributed by atoms with Crippen molar-refractivity contribution in [2.24, 2.45) is 5.92 Å². The minimum absolute atomic E-state index is 0.0797. The first-order valence-electron chi connectivity index (χ1n) is 5.45. The van der Waals surface area contributed by atoms with Gasteiger partial charge in [-0.15, -0.1) is 11.3 Å². The Morgan fingerprint density at radius 1 is 1.12 bits per heavy atom. The standard InChI is InChI=1S/C14H12OS/c1-9-13(12-7-4-8-16-12)10-5-2-3-6-11(10)14(9)15/h2-9,13H,1H3/t9-,13-/m0/s1. The molecule has 0 bridgehead atoms. The molecule has 0 spiro atoms. The second-order valence-electron chi connectivity index (χ2n) is 4.23. The molecule has 2 heteroatoms. The van der Waals surface area contributed by atoms with Crippen LogP contribution in [0, 0.1) is 5.92 Å².